The quantitative estimate of drug-likeness (QED) is 0.111. The molecular weight excluding hydrogens is 546 g/mol. The summed E-state index contributed by atoms with van der Waals surface area (Å²) >= 11 is 0. The Morgan fingerprint density at radius 2 is 1.84 bits per heavy atom. The van der Waals surface area contributed by atoms with E-state index in [1.807, 2.05) is 50.6 Å². The van der Waals surface area contributed by atoms with E-state index in [-0.39, 0.29) is 18.1 Å². The van der Waals surface area contributed by atoms with Gasteiger partial charge in [-0.2, -0.15) is 0 Å². The summed E-state index contributed by atoms with van der Waals surface area (Å²) in [6.45, 7) is 13.8. The van der Waals surface area contributed by atoms with Gasteiger partial charge >= 0.3 is 5.97 Å². The fourth-order valence-corrected chi connectivity index (χ4v) is 5.13. The van der Waals surface area contributed by atoms with E-state index in [4.69, 9.17) is 24.2 Å². The SMILES string of the molecule is C=CCCCn1c(-c2nc3cc(C(=O)OC(C)C)cc(OC)c3n2C)cc2ccc([C@@H](C)NC(=O)C(CC=C)OC)nc21. The molecule has 10 nitrogen and oxygen atoms in total. The molecule has 0 radical (unpaired) electrons. The van der Waals surface area contributed by atoms with Crippen LogP contribution in [0.15, 0.2) is 55.6 Å². The number of unbranched alkanes of at least 4 members (excludes halogenated alkanes) is 1. The number of benzene rings is 1. The number of esters is 1. The second-order valence-corrected chi connectivity index (χ2v) is 10.7. The minimum atomic E-state index is -0.611. The van der Waals surface area contributed by atoms with Crippen LogP contribution in [-0.2, 0) is 27.9 Å². The second-order valence-electron chi connectivity index (χ2n) is 10.7. The highest BCUT2D eigenvalue weighted by atomic mass is 16.5. The van der Waals surface area contributed by atoms with E-state index in [1.54, 1.807) is 25.3 Å². The molecule has 0 spiro atoms. The molecule has 3 heterocycles. The number of ether oxygens (including phenoxy) is 3. The van der Waals surface area contributed by atoms with E-state index in [1.165, 1.54) is 7.11 Å². The molecule has 0 aliphatic carbocycles. The third-order valence-electron chi connectivity index (χ3n) is 7.28. The van der Waals surface area contributed by atoms with Crippen LogP contribution in [0.5, 0.6) is 5.75 Å². The summed E-state index contributed by atoms with van der Waals surface area (Å²) < 4.78 is 20.5. The molecule has 228 valence electrons. The molecule has 4 rings (SSSR count). The maximum Gasteiger partial charge on any atom is 0.338 e. The Labute approximate surface area is 252 Å². The van der Waals surface area contributed by atoms with Gasteiger partial charge in [-0.3, -0.25) is 4.79 Å². The Kier molecular flexibility index (Phi) is 10.0. The van der Waals surface area contributed by atoms with Crippen molar-refractivity contribution in [1.82, 2.24) is 24.4 Å². The van der Waals surface area contributed by atoms with Gasteiger partial charge in [0.25, 0.3) is 0 Å². The highest BCUT2D eigenvalue weighted by molar-refractivity contribution is 5.97. The highest BCUT2D eigenvalue weighted by Gasteiger charge is 2.24. The Bertz CT molecular complexity index is 1650. The molecule has 0 fully saturated rings. The van der Waals surface area contributed by atoms with Gasteiger partial charge in [0.2, 0.25) is 5.91 Å². The first kappa shape index (κ1) is 31.5. The van der Waals surface area contributed by atoms with E-state index in [0.717, 1.165) is 40.8 Å². The molecule has 1 aromatic carbocycles. The van der Waals surface area contributed by atoms with E-state index in [2.05, 4.69) is 29.1 Å². The molecule has 0 aliphatic rings. The van der Waals surface area contributed by atoms with Crippen molar-refractivity contribution in [3.8, 4) is 17.3 Å². The maximum absolute atomic E-state index is 12.8. The van der Waals surface area contributed by atoms with Gasteiger partial charge in [-0.05, 0) is 63.9 Å². The van der Waals surface area contributed by atoms with Crippen molar-refractivity contribution < 1.29 is 23.8 Å². The summed E-state index contributed by atoms with van der Waals surface area (Å²) in [7, 11) is 5.01. The number of methoxy groups -OCH3 is 2. The Morgan fingerprint density at radius 1 is 1.07 bits per heavy atom. The number of pyridine rings is 1. The lowest BCUT2D eigenvalue weighted by Gasteiger charge is -2.18. The number of aryl methyl sites for hydroxylation is 2. The third kappa shape index (κ3) is 6.64. The van der Waals surface area contributed by atoms with Crippen molar-refractivity contribution in [1.29, 1.82) is 0 Å². The van der Waals surface area contributed by atoms with Gasteiger partial charge in [-0.25, -0.2) is 14.8 Å². The number of fused-ring (bicyclic) bond motifs is 2. The zero-order valence-electron chi connectivity index (χ0n) is 25.8. The van der Waals surface area contributed by atoms with Crippen molar-refractivity contribution >= 4 is 33.9 Å². The number of nitrogens with one attached hydrogen (secondary N) is 1. The Balaban J connectivity index is 1.81. The number of aromatic nitrogens is 4. The molecule has 10 heteroatoms. The second kappa shape index (κ2) is 13.7. The molecule has 1 amide bonds. The molecule has 2 atom stereocenters. The van der Waals surface area contributed by atoms with Gasteiger partial charge in [0, 0.05) is 32.5 Å². The number of carbonyl (C=O) groups excluding carboxylic acids is 2. The van der Waals surface area contributed by atoms with Gasteiger partial charge in [-0.1, -0.05) is 12.2 Å². The third-order valence-corrected chi connectivity index (χ3v) is 7.28. The summed E-state index contributed by atoms with van der Waals surface area (Å²) in [5.41, 5.74) is 4.14. The maximum atomic E-state index is 12.8. The number of hydrogen-bond acceptors (Lipinski definition) is 7. The molecule has 3 aromatic heterocycles. The molecule has 0 bridgehead atoms. The number of carbonyl (C=O) groups is 2. The predicted molar refractivity (Wildman–Crippen MR) is 168 cm³/mol. The lowest BCUT2D eigenvalue weighted by molar-refractivity contribution is -0.131. The minimum absolute atomic E-state index is 0.218. The van der Waals surface area contributed by atoms with Crippen LogP contribution in [0.1, 0.15) is 62.1 Å². The van der Waals surface area contributed by atoms with Crippen molar-refractivity contribution in [2.24, 2.45) is 7.05 Å². The monoisotopic (exact) mass is 587 g/mol. The Morgan fingerprint density at radius 3 is 2.49 bits per heavy atom. The topological polar surface area (TPSA) is 110 Å². The fourth-order valence-electron chi connectivity index (χ4n) is 5.13. The number of nitrogens with zero attached hydrogens (tertiary/aromatic N) is 4. The number of allylic oxidation sites excluding steroid dienone is 1. The van der Waals surface area contributed by atoms with E-state index in [9.17, 15) is 9.59 Å². The van der Waals surface area contributed by atoms with E-state index < -0.39 is 12.1 Å². The molecular formula is C33H41N5O5. The summed E-state index contributed by atoms with van der Waals surface area (Å²) in [5.74, 6) is 0.582. The van der Waals surface area contributed by atoms with E-state index in [0.29, 0.717) is 35.6 Å². The zero-order chi connectivity index (χ0) is 31.3. The number of amides is 1. The molecule has 1 N–H and O–H groups in total. The smallest absolute Gasteiger partial charge is 0.338 e. The lowest BCUT2D eigenvalue weighted by Crippen LogP contribution is -2.37. The van der Waals surface area contributed by atoms with Crippen LogP contribution in [-0.4, -0.2) is 57.4 Å². The molecule has 0 aliphatic heterocycles. The van der Waals surface area contributed by atoms with Crippen LogP contribution in [0.4, 0.5) is 0 Å². The average molecular weight is 588 g/mol. The van der Waals surface area contributed by atoms with E-state index >= 15 is 0 Å². The summed E-state index contributed by atoms with van der Waals surface area (Å²) in [6.07, 6.45) is 4.81. The molecule has 4 aromatic rings. The van der Waals surface area contributed by atoms with Crippen LogP contribution in [0.2, 0.25) is 0 Å². The molecule has 0 saturated carbocycles. The van der Waals surface area contributed by atoms with Crippen molar-refractivity contribution in [2.45, 2.75) is 64.8 Å². The highest BCUT2D eigenvalue weighted by Crippen LogP contribution is 2.34. The fraction of sp³-hybridized carbons (Fsp3) is 0.394. The Hall–Kier alpha value is -4.44. The zero-order valence-corrected chi connectivity index (χ0v) is 25.8. The summed E-state index contributed by atoms with van der Waals surface area (Å²) in [6, 6.07) is 9.07. The van der Waals surface area contributed by atoms with Crippen LogP contribution < -0.4 is 10.1 Å². The van der Waals surface area contributed by atoms with Gasteiger partial charge in [0.05, 0.1) is 41.7 Å². The van der Waals surface area contributed by atoms with Crippen LogP contribution in [0.25, 0.3) is 33.6 Å². The molecule has 43 heavy (non-hydrogen) atoms. The van der Waals surface area contributed by atoms with Gasteiger partial charge in [0.1, 0.15) is 23.0 Å². The average Bonchev–Trinajstić information content (AvgIpc) is 3.51. The molecule has 0 saturated heterocycles. The predicted octanol–water partition coefficient (Wildman–Crippen LogP) is 5.90. The van der Waals surface area contributed by atoms with Crippen LogP contribution >= 0.6 is 0 Å². The first-order valence-electron chi connectivity index (χ1n) is 14.4. The first-order valence-corrected chi connectivity index (χ1v) is 14.4. The van der Waals surface area contributed by atoms with Crippen molar-refractivity contribution in [2.75, 3.05) is 14.2 Å². The van der Waals surface area contributed by atoms with Crippen molar-refractivity contribution in [3.63, 3.8) is 0 Å². The normalized spacial score (nSPS) is 12.8. The standard InChI is InChI=1S/C33H41N5O5/c1-9-11-12-16-38-26(18-22-14-15-24(35-30(22)38)21(5)34-32(39)27(41-7)13-10-2)31-36-25-17-23(33(40)43-20(3)4)19-28(42-8)29(25)37(31)6/h9-10,14-15,17-21,27H,1-2,11-13,16H2,3-8H3,(H,34,39)/t21-,27?/m1/s1. The minimum Gasteiger partial charge on any atom is -0.494 e. The summed E-state index contributed by atoms with van der Waals surface area (Å²) in [4.78, 5) is 35.4. The number of rotatable bonds is 14. The number of hydrogen-bond donors (Lipinski definition) is 1. The van der Waals surface area contributed by atoms with Gasteiger partial charge < -0.3 is 28.7 Å². The van der Waals surface area contributed by atoms with Gasteiger partial charge in [0.15, 0.2) is 5.82 Å². The van der Waals surface area contributed by atoms with Crippen LogP contribution in [0, 0.1) is 0 Å². The van der Waals surface area contributed by atoms with Crippen LogP contribution in [0.3, 0.4) is 0 Å². The lowest BCUT2D eigenvalue weighted by atomic mass is 10.1. The number of imidazole rings is 1. The first-order chi connectivity index (χ1) is 20.6. The van der Waals surface area contributed by atoms with Gasteiger partial charge in [-0.15, -0.1) is 13.2 Å². The molecule has 1 unspecified atom stereocenters. The van der Waals surface area contributed by atoms with Crippen molar-refractivity contribution in [3.05, 3.63) is 66.9 Å². The largest absolute Gasteiger partial charge is 0.494 e. The summed E-state index contributed by atoms with van der Waals surface area (Å²) in [5, 5.41) is 3.95.